The molecule has 0 radical (unpaired) electrons. The van der Waals surface area contributed by atoms with Gasteiger partial charge < -0.3 is 5.32 Å². The van der Waals surface area contributed by atoms with Crippen LogP contribution in [0.25, 0.3) is 6.08 Å². The van der Waals surface area contributed by atoms with E-state index in [0.717, 1.165) is 17.8 Å². The molecule has 0 aliphatic rings. The predicted molar refractivity (Wildman–Crippen MR) is 71.0 cm³/mol. The van der Waals surface area contributed by atoms with Crippen LogP contribution in [0.3, 0.4) is 0 Å². The number of hydrogen-bond acceptors (Lipinski definition) is 3. The lowest BCUT2D eigenvalue weighted by Crippen LogP contribution is -2.11. The number of hydrogen-bond donors (Lipinski definition) is 1. The van der Waals surface area contributed by atoms with Gasteiger partial charge in [0.15, 0.2) is 0 Å². The normalized spacial score (nSPS) is 11.8. The summed E-state index contributed by atoms with van der Waals surface area (Å²) in [5, 5.41) is 2.72. The topological polar surface area (TPSA) is 37.8 Å². The number of aromatic nitrogens is 2. The number of nitrogens with one attached hydrogen (secondary N) is 1. The summed E-state index contributed by atoms with van der Waals surface area (Å²) >= 11 is 0. The molecule has 2 aromatic rings. The molecule has 1 aromatic heterocycles. The van der Waals surface area contributed by atoms with E-state index in [1.807, 2.05) is 36.4 Å². The van der Waals surface area contributed by atoms with Crippen LogP contribution in [0.15, 0.2) is 48.7 Å². The molecule has 0 fully saturated rings. The van der Waals surface area contributed by atoms with Crippen molar-refractivity contribution >= 4 is 12.0 Å². The first-order valence-corrected chi connectivity index (χ1v) is 5.91. The van der Waals surface area contributed by atoms with Gasteiger partial charge in [0.2, 0.25) is 5.95 Å². The molecule has 20 heavy (non-hydrogen) atoms. The van der Waals surface area contributed by atoms with Crippen LogP contribution in [0.2, 0.25) is 0 Å². The molecule has 0 unspecified atom stereocenters. The molecule has 0 bridgehead atoms. The van der Waals surface area contributed by atoms with Gasteiger partial charge in [-0.25, -0.2) is 9.97 Å². The molecular weight excluding hydrogens is 267 g/mol. The maximum absolute atomic E-state index is 12.4. The molecule has 1 heterocycles. The SMILES string of the molecule is FC(F)(F)c1ccnc(NC/C=C/c2ccccc2)n1. The van der Waals surface area contributed by atoms with Gasteiger partial charge in [-0.1, -0.05) is 42.5 Å². The zero-order valence-electron chi connectivity index (χ0n) is 10.4. The molecule has 0 saturated carbocycles. The van der Waals surface area contributed by atoms with Gasteiger partial charge in [0.25, 0.3) is 0 Å². The molecule has 0 saturated heterocycles. The summed E-state index contributed by atoms with van der Waals surface area (Å²) in [5.74, 6) is -0.0439. The summed E-state index contributed by atoms with van der Waals surface area (Å²) in [4.78, 5) is 7.15. The van der Waals surface area contributed by atoms with E-state index in [-0.39, 0.29) is 5.95 Å². The van der Waals surface area contributed by atoms with E-state index in [9.17, 15) is 13.2 Å². The Hall–Kier alpha value is -2.37. The van der Waals surface area contributed by atoms with Gasteiger partial charge >= 0.3 is 6.18 Å². The number of alkyl halides is 3. The summed E-state index contributed by atoms with van der Waals surface area (Å²) in [6.07, 6.45) is 0.276. The first-order chi connectivity index (χ1) is 9.55. The lowest BCUT2D eigenvalue weighted by Gasteiger charge is -2.07. The number of halogens is 3. The summed E-state index contributed by atoms with van der Waals surface area (Å²) in [6.45, 7) is 0.343. The number of anilines is 1. The van der Waals surface area contributed by atoms with Crippen LogP contribution < -0.4 is 5.32 Å². The number of rotatable bonds is 4. The Morgan fingerprint density at radius 3 is 2.55 bits per heavy atom. The molecule has 0 aliphatic heterocycles. The molecule has 3 nitrogen and oxygen atoms in total. The van der Waals surface area contributed by atoms with Gasteiger partial charge in [-0.05, 0) is 11.6 Å². The van der Waals surface area contributed by atoms with Crippen LogP contribution in [0, 0.1) is 0 Å². The fraction of sp³-hybridized carbons (Fsp3) is 0.143. The molecule has 104 valence electrons. The summed E-state index contributed by atoms with van der Waals surface area (Å²) in [6, 6.07) is 10.4. The van der Waals surface area contributed by atoms with Crippen molar-refractivity contribution in [2.24, 2.45) is 0 Å². The second-order valence-electron chi connectivity index (χ2n) is 3.96. The Bertz CT molecular complexity index is 580. The van der Waals surface area contributed by atoms with Crippen molar-refractivity contribution in [1.82, 2.24) is 9.97 Å². The quantitative estimate of drug-likeness (QED) is 0.928. The van der Waals surface area contributed by atoms with E-state index < -0.39 is 11.9 Å². The maximum atomic E-state index is 12.4. The highest BCUT2D eigenvalue weighted by atomic mass is 19.4. The Morgan fingerprint density at radius 1 is 1.10 bits per heavy atom. The van der Waals surface area contributed by atoms with Crippen LogP contribution in [-0.2, 0) is 6.18 Å². The molecular formula is C14H12F3N3. The van der Waals surface area contributed by atoms with Crippen molar-refractivity contribution < 1.29 is 13.2 Å². The molecule has 1 N–H and O–H groups in total. The van der Waals surface area contributed by atoms with Crippen molar-refractivity contribution in [3.63, 3.8) is 0 Å². The number of nitrogens with zero attached hydrogens (tertiary/aromatic N) is 2. The zero-order valence-corrected chi connectivity index (χ0v) is 10.4. The van der Waals surface area contributed by atoms with Crippen LogP contribution >= 0.6 is 0 Å². The van der Waals surface area contributed by atoms with Crippen molar-refractivity contribution in [3.05, 3.63) is 59.9 Å². The maximum Gasteiger partial charge on any atom is 0.433 e. The van der Waals surface area contributed by atoms with Gasteiger partial charge in [-0.3, -0.25) is 0 Å². The average molecular weight is 279 g/mol. The Kier molecular flexibility index (Phi) is 4.34. The molecule has 1 aromatic carbocycles. The third-order valence-electron chi connectivity index (χ3n) is 2.43. The van der Waals surface area contributed by atoms with Crippen LogP contribution in [0.4, 0.5) is 19.1 Å². The molecule has 6 heteroatoms. The zero-order chi connectivity index (χ0) is 14.4. The second kappa shape index (κ2) is 6.18. The first kappa shape index (κ1) is 14.0. The largest absolute Gasteiger partial charge is 0.433 e. The highest BCUT2D eigenvalue weighted by Gasteiger charge is 2.32. The van der Waals surface area contributed by atoms with E-state index in [1.54, 1.807) is 6.08 Å². The monoisotopic (exact) mass is 279 g/mol. The smallest absolute Gasteiger partial charge is 0.351 e. The fourth-order valence-electron chi connectivity index (χ4n) is 1.51. The Balaban J connectivity index is 1.93. The Labute approximate surface area is 114 Å². The summed E-state index contributed by atoms with van der Waals surface area (Å²) in [5.41, 5.74) is 0.0568. The minimum atomic E-state index is -4.46. The van der Waals surface area contributed by atoms with Gasteiger partial charge in [-0.15, -0.1) is 0 Å². The van der Waals surface area contributed by atoms with Crippen molar-refractivity contribution in [1.29, 1.82) is 0 Å². The van der Waals surface area contributed by atoms with Crippen LogP contribution in [0.1, 0.15) is 11.3 Å². The average Bonchev–Trinajstić information content (AvgIpc) is 2.44. The fourth-order valence-corrected chi connectivity index (χ4v) is 1.51. The van der Waals surface area contributed by atoms with E-state index in [4.69, 9.17) is 0 Å². The van der Waals surface area contributed by atoms with E-state index in [0.29, 0.717) is 6.54 Å². The third-order valence-corrected chi connectivity index (χ3v) is 2.43. The van der Waals surface area contributed by atoms with E-state index in [1.165, 1.54) is 0 Å². The molecule has 0 aliphatic carbocycles. The van der Waals surface area contributed by atoms with Gasteiger partial charge in [0.1, 0.15) is 5.69 Å². The minimum absolute atomic E-state index is 0.0439. The van der Waals surface area contributed by atoms with Crippen molar-refractivity contribution in [2.75, 3.05) is 11.9 Å². The lowest BCUT2D eigenvalue weighted by molar-refractivity contribution is -0.141. The van der Waals surface area contributed by atoms with Crippen LogP contribution in [0.5, 0.6) is 0 Å². The van der Waals surface area contributed by atoms with E-state index in [2.05, 4.69) is 15.3 Å². The molecule has 0 atom stereocenters. The third kappa shape index (κ3) is 4.08. The minimum Gasteiger partial charge on any atom is -0.351 e. The second-order valence-corrected chi connectivity index (χ2v) is 3.96. The predicted octanol–water partition coefficient (Wildman–Crippen LogP) is 3.62. The van der Waals surface area contributed by atoms with E-state index >= 15 is 0 Å². The highest BCUT2D eigenvalue weighted by Crippen LogP contribution is 2.27. The van der Waals surface area contributed by atoms with Gasteiger partial charge in [0, 0.05) is 12.7 Å². The standard InChI is InChI=1S/C14H12F3N3/c15-14(16,17)12-8-10-19-13(20-12)18-9-4-7-11-5-2-1-3-6-11/h1-8,10H,9H2,(H,18,19,20)/b7-4+. The lowest BCUT2D eigenvalue weighted by atomic mass is 10.2. The molecule has 2 rings (SSSR count). The summed E-state index contributed by atoms with van der Waals surface area (Å²) in [7, 11) is 0. The van der Waals surface area contributed by atoms with Crippen molar-refractivity contribution in [3.8, 4) is 0 Å². The Morgan fingerprint density at radius 2 is 1.85 bits per heavy atom. The van der Waals surface area contributed by atoms with Crippen molar-refractivity contribution in [2.45, 2.75) is 6.18 Å². The van der Waals surface area contributed by atoms with Crippen LogP contribution in [-0.4, -0.2) is 16.5 Å². The van der Waals surface area contributed by atoms with Gasteiger partial charge in [-0.2, -0.15) is 13.2 Å². The highest BCUT2D eigenvalue weighted by molar-refractivity contribution is 5.49. The summed E-state index contributed by atoms with van der Waals surface area (Å²) < 4.78 is 37.3. The van der Waals surface area contributed by atoms with Gasteiger partial charge in [0.05, 0.1) is 0 Å². The number of benzene rings is 1. The first-order valence-electron chi connectivity index (χ1n) is 5.91. The molecule has 0 spiro atoms. The molecule has 0 amide bonds.